The molecule has 0 atom stereocenters. The van der Waals surface area contributed by atoms with Gasteiger partial charge in [0.2, 0.25) is 0 Å². The van der Waals surface area contributed by atoms with Crippen molar-refractivity contribution >= 4 is 21.5 Å². The minimum atomic E-state index is -3.81. The maximum absolute atomic E-state index is 13.0. The van der Waals surface area contributed by atoms with Gasteiger partial charge < -0.3 is 14.5 Å². The number of sulfonamides is 1. The van der Waals surface area contributed by atoms with Crippen LogP contribution in [0, 0.1) is 13.8 Å². The van der Waals surface area contributed by atoms with Gasteiger partial charge in [-0.1, -0.05) is 12.1 Å². The van der Waals surface area contributed by atoms with E-state index < -0.39 is 10.0 Å². The lowest BCUT2D eigenvalue weighted by atomic mass is 10.1. The summed E-state index contributed by atoms with van der Waals surface area (Å²) in [6, 6.07) is 14.4. The second kappa shape index (κ2) is 9.36. The number of hydrogen-bond acceptors (Lipinski definition) is 7. The maximum atomic E-state index is 13.0. The zero-order valence-electron chi connectivity index (χ0n) is 19.4. The molecule has 1 N–H and O–H groups in total. The average Bonchev–Trinajstić information content (AvgIpc) is 2.81. The van der Waals surface area contributed by atoms with Crippen LogP contribution < -0.4 is 14.4 Å². The number of aromatic nitrogens is 2. The molecule has 9 heteroatoms. The summed E-state index contributed by atoms with van der Waals surface area (Å²) >= 11 is 0. The molecule has 1 saturated heterocycles. The zero-order chi connectivity index (χ0) is 23.6. The Bertz CT molecular complexity index is 1220. The maximum Gasteiger partial charge on any atom is 0.265 e. The van der Waals surface area contributed by atoms with E-state index in [1.54, 1.807) is 24.3 Å². The van der Waals surface area contributed by atoms with Crippen LogP contribution in [-0.2, 0) is 10.0 Å². The summed E-state index contributed by atoms with van der Waals surface area (Å²) in [6.07, 6.45) is 0. The number of methoxy groups -OCH3 is 1. The molecule has 1 aliphatic heterocycles. The lowest BCUT2D eigenvalue weighted by Crippen LogP contribution is -2.44. The first-order valence-electron chi connectivity index (χ1n) is 10.8. The number of piperazine rings is 1. The van der Waals surface area contributed by atoms with Gasteiger partial charge in [-0.2, -0.15) is 0 Å². The fourth-order valence-electron chi connectivity index (χ4n) is 3.74. The summed E-state index contributed by atoms with van der Waals surface area (Å²) in [5.74, 6) is 1.19. The van der Waals surface area contributed by atoms with Gasteiger partial charge in [0.1, 0.15) is 10.6 Å². The van der Waals surface area contributed by atoms with Crippen LogP contribution >= 0.6 is 0 Å². The van der Waals surface area contributed by atoms with Gasteiger partial charge in [-0.05, 0) is 68.4 Å². The summed E-state index contributed by atoms with van der Waals surface area (Å²) in [5.41, 5.74) is 3.90. The van der Waals surface area contributed by atoms with E-state index in [4.69, 9.17) is 4.74 Å². The highest BCUT2D eigenvalue weighted by atomic mass is 32.2. The predicted molar refractivity (Wildman–Crippen MR) is 130 cm³/mol. The molecule has 1 fully saturated rings. The molecule has 0 unspecified atom stereocenters. The number of ether oxygens (including phenoxy) is 1. The molecule has 4 rings (SSSR count). The van der Waals surface area contributed by atoms with Crippen molar-refractivity contribution in [2.75, 3.05) is 50.0 Å². The Labute approximate surface area is 195 Å². The van der Waals surface area contributed by atoms with Gasteiger partial charge in [-0.15, -0.1) is 10.2 Å². The summed E-state index contributed by atoms with van der Waals surface area (Å²) in [7, 11) is -0.221. The van der Waals surface area contributed by atoms with E-state index in [2.05, 4.69) is 31.8 Å². The second-order valence-corrected chi connectivity index (χ2v) is 9.99. The first-order chi connectivity index (χ1) is 15.8. The quantitative estimate of drug-likeness (QED) is 0.595. The Morgan fingerprint density at radius 1 is 0.909 bits per heavy atom. The Balaban J connectivity index is 1.49. The van der Waals surface area contributed by atoms with Gasteiger partial charge in [0.15, 0.2) is 5.82 Å². The van der Waals surface area contributed by atoms with Crippen LogP contribution in [-0.4, -0.2) is 63.9 Å². The molecule has 0 amide bonds. The van der Waals surface area contributed by atoms with Gasteiger partial charge in [0, 0.05) is 37.4 Å². The van der Waals surface area contributed by atoms with Gasteiger partial charge in [-0.3, -0.25) is 4.72 Å². The van der Waals surface area contributed by atoms with Crippen molar-refractivity contribution in [1.29, 1.82) is 0 Å². The van der Waals surface area contributed by atoms with Crippen molar-refractivity contribution in [2.24, 2.45) is 0 Å². The van der Waals surface area contributed by atoms with Crippen LogP contribution in [0.4, 0.5) is 11.5 Å². The van der Waals surface area contributed by atoms with Crippen molar-refractivity contribution in [1.82, 2.24) is 15.1 Å². The molecule has 0 aliphatic carbocycles. The molecule has 8 nitrogen and oxygen atoms in total. The molecular weight excluding hydrogens is 438 g/mol. The minimum absolute atomic E-state index is 0.113. The smallest absolute Gasteiger partial charge is 0.265 e. The summed E-state index contributed by atoms with van der Waals surface area (Å²) in [5, 5.41) is 8.77. The van der Waals surface area contributed by atoms with Crippen LogP contribution in [0.2, 0.25) is 0 Å². The van der Waals surface area contributed by atoms with Gasteiger partial charge in [0.05, 0.1) is 12.8 Å². The third-order valence-corrected chi connectivity index (χ3v) is 7.38. The topological polar surface area (TPSA) is 87.7 Å². The first kappa shape index (κ1) is 23.0. The molecular formula is C24H29N5O3S. The fraction of sp³-hybridized carbons (Fsp3) is 0.333. The minimum Gasteiger partial charge on any atom is -0.495 e. The molecule has 0 radical (unpaired) electrons. The summed E-state index contributed by atoms with van der Waals surface area (Å²) in [4.78, 5) is 4.64. The SMILES string of the molecule is COc1cc(C)c(C)cc1S(=O)(=O)Nc1ccc(-c2ccc(N3CCN(C)CC3)nn2)cc1. The Hall–Kier alpha value is -3.17. The number of benzene rings is 2. The largest absolute Gasteiger partial charge is 0.495 e. The van der Waals surface area contributed by atoms with Crippen LogP contribution in [0.15, 0.2) is 53.4 Å². The number of nitrogens with one attached hydrogen (secondary N) is 1. The van der Waals surface area contributed by atoms with Crippen molar-refractivity contribution in [3.05, 3.63) is 59.7 Å². The molecule has 2 aromatic carbocycles. The number of likely N-dealkylation sites (N-methyl/N-ethyl adjacent to an activating group) is 1. The Kier molecular flexibility index (Phi) is 6.53. The van der Waals surface area contributed by atoms with E-state index >= 15 is 0 Å². The third kappa shape index (κ3) is 5.09. The first-order valence-corrected chi connectivity index (χ1v) is 12.3. The van der Waals surface area contributed by atoms with Gasteiger partial charge >= 0.3 is 0 Å². The molecule has 3 aromatic rings. The summed E-state index contributed by atoms with van der Waals surface area (Å²) < 4.78 is 33.9. The van der Waals surface area contributed by atoms with Crippen molar-refractivity contribution in [3.8, 4) is 17.0 Å². The Morgan fingerprint density at radius 3 is 2.18 bits per heavy atom. The van der Waals surface area contributed by atoms with E-state index in [9.17, 15) is 8.42 Å². The standard InChI is InChI=1S/C24H29N5O3S/c1-17-15-22(32-4)23(16-18(17)2)33(30,31)27-20-7-5-19(6-8-20)21-9-10-24(26-25-21)29-13-11-28(3)12-14-29/h5-10,15-16,27H,11-14H2,1-4H3. The highest BCUT2D eigenvalue weighted by Crippen LogP contribution is 2.29. The van der Waals surface area contributed by atoms with E-state index in [0.29, 0.717) is 11.4 Å². The molecule has 0 spiro atoms. The number of hydrogen-bond donors (Lipinski definition) is 1. The van der Waals surface area contributed by atoms with Crippen LogP contribution in [0.5, 0.6) is 5.75 Å². The van der Waals surface area contributed by atoms with E-state index in [-0.39, 0.29) is 4.90 Å². The fourth-order valence-corrected chi connectivity index (χ4v) is 5.03. The molecule has 0 bridgehead atoms. The highest BCUT2D eigenvalue weighted by Gasteiger charge is 2.21. The van der Waals surface area contributed by atoms with E-state index in [0.717, 1.165) is 54.4 Å². The monoisotopic (exact) mass is 467 g/mol. The molecule has 1 aliphatic rings. The lowest BCUT2D eigenvalue weighted by Gasteiger charge is -2.32. The van der Waals surface area contributed by atoms with Crippen molar-refractivity contribution < 1.29 is 13.2 Å². The number of anilines is 2. The average molecular weight is 468 g/mol. The molecule has 0 saturated carbocycles. The van der Waals surface area contributed by atoms with E-state index in [1.807, 2.05) is 38.1 Å². The van der Waals surface area contributed by atoms with Crippen LogP contribution in [0.3, 0.4) is 0 Å². The van der Waals surface area contributed by atoms with Crippen LogP contribution in [0.1, 0.15) is 11.1 Å². The third-order valence-electron chi connectivity index (χ3n) is 5.98. The van der Waals surface area contributed by atoms with Gasteiger partial charge in [0.25, 0.3) is 10.0 Å². The Morgan fingerprint density at radius 2 is 1.58 bits per heavy atom. The summed E-state index contributed by atoms with van der Waals surface area (Å²) in [6.45, 7) is 7.68. The molecule has 174 valence electrons. The predicted octanol–water partition coefficient (Wildman–Crippen LogP) is 3.32. The number of rotatable bonds is 6. The molecule has 2 heterocycles. The van der Waals surface area contributed by atoms with Crippen LogP contribution in [0.25, 0.3) is 11.3 Å². The molecule has 33 heavy (non-hydrogen) atoms. The number of nitrogens with zero attached hydrogens (tertiary/aromatic N) is 4. The lowest BCUT2D eigenvalue weighted by molar-refractivity contribution is 0.312. The highest BCUT2D eigenvalue weighted by molar-refractivity contribution is 7.92. The van der Waals surface area contributed by atoms with Gasteiger partial charge in [-0.25, -0.2) is 8.42 Å². The van der Waals surface area contributed by atoms with E-state index in [1.165, 1.54) is 7.11 Å². The van der Waals surface area contributed by atoms with Crippen molar-refractivity contribution in [3.63, 3.8) is 0 Å². The second-order valence-electron chi connectivity index (χ2n) is 8.34. The molecule has 1 aromatic heterocycles. The normalized spacial score (nSPS) is 14.8. The zero-order valence-corrected chi connectivity index (χ0v) is 20.2. The number of aryl methyl sites for hydroxylation is 2. The van der Waals surface area contributed by atoms with Crippen molar-refractivity contribution in [2.45, 2.75) is 18.7 Å².